The Kier molecular flexibility index (Phi) is 2.77. The van der Waals surface area contributed by atoms with Crippen LogP contribution in [0.15, 0.2) is 12.1 Å². The molecule has 1 nitrogen and oxygen atoms in total. The third-order valence-electron chi connectivity index (χ3n) is 3.69. The number of hydrogen-bond acceptors (Lipinski definition) is 1. The highest BCUT2D eigenvalue weighted by atomic mass is 19.2. The molecule has 3 rings (SSSR count). The van der Waals surface area contributed by atoms with Crippen molar-refractivity contribution in [2.45, 2.75) is 50.5 Å². The molecule has 0 unspecified atom stereocenters. The van der Waals surface area contributed by atoms with E-state index in [0.29, 0.717) is 5.56 Å². The third-order valence-corrected chi connectivity index (χ3v) is 3.69. The van der Waals surface area contributed by atoms with Crippen molar-refractivity contribution in [2.75, 3.05) is 0 Å². The van der Waals surface area contributed by atoms with Gasteiger partial charge in [0.2, 0.25) is 5.82 Å². The zero-order valence-electron chi connectivity index (χ0n) is 9.72. The Labute approximate surface area is 99.8 Å². The van der Waals surface area contributed by atoms with Crippen LogP contribution in [0.2, 0.25) is 0 Å². The molecule has 0 aromatic heterocycles. The molecule has 0 amide bonds. The van der Waals surface area contributed by atoms with Gasteiger partial charge < -0.3 is 4.74 Å². The van der Waals surface area contributed by atoms with Crippen LogP contribution in [0.5, 0.6) is 5.75 Å². The molecule has 0 saturated heterocycles. The molecule has 0 aliphatic heterocycles. The third kappa shape index (κ3) is 2.15. The van der Waals surface area contributed by atoms with Gasteiger partial charge in [0, 0.05) is 0 Å². The van der Waals surface area contributed by atoms with Crippen LogP contribution in [-0.4, -0.2) is 6.10 Å². The van der Waals surface area contributed by atoms with Gasteiger partial charge in [-0.3, -0.25) is 0 Å². The van der Waals surface area contributed by atoms with Gasteiger partial charge in [-0.15, -0.1) is 0 Å². The van der Waals surface area contributed by atoms with Crippen LogP contribution in [-0.2, 0) is 0 Å². The zero-order valence-corrected chi connectivity index (χ0v) is 9.72. The minimum absolute atomic E-state index is 0.0757. The molecule has 0 heterocycles. The van der Waals surface area contributed by atoms with Gasteiger partial charge in [0.25, 0.3) is 0 Å². The summed E-state index contributed by atoms with van der Waals surface area (Å²) in [5.41, 5.74) is 0.531. The van der Waals surface area contributed by atoms with Crippen molar-refractivity contribution in [2.24, 2.45) is 0 Å². The van der Waals surface area contributed by atoms with Crippen molar-refractivity contribution < 1.29 is 13.5 Å². The first-order valence-corrected chi connectivity index (χ1v) is 6.40. The largest absolute Gasteiger partial charge is 0.487 e. The van der Waals surface area contributed by atoms with Gasteiger partial charge in [-0.25, -0.2) is 4.39 Å². The summed E-state index contributed by atoms with van der Waals surface area (Å²) in [4.78, 5) is 0. The molecule has 2 saturated carbocycles. The van der Waals surface area contributed by atoms with E-state index in [-0.39, 0.29) is 17.8 Å². The average molecular weight is 238 g/mol. The van der Waals surface area contributed by atoms with Crippen LogP contribution in [0, 0.1) is 11.6 Å². The molecule has 2 aliphatic carbocycles. The molecule has 0 spiro atoms. The van der Waals surface area contributed by atoms with E-state index in [9.17, 15) is 8.78 Å². The Morgan fingerprint density at radius 3 is 2.29 bits per heavy atom. The van der Waals surface area contributed by atoms with E-state index in [1.165, 1.54) is 0 Å². The fraction of sp³-hybridized carbons (Fsp3) is 0.571. The van der Waals surface area contributed by atoms with Crippen molar-refractivity contribution in [3.05, 3.63) is 29.3 Å². The van der Waals surface area contributed by atoms with Crippen molar-refractivity contribution >= 4 is 0 Å². The number of ether oxygens (including phenoxy) is 1. The highest BCUT2D eigenvalue weighted by Crippen LogP contribution is 2.38. The Bertz CT molecular complexity index is 420. The molecule has 2 aliphatic rings. The van der Waals surface area contributed by atoms with Gasteiger partial charge in [-0.2, -0.15) is 4.39 Å². The van der Waals surface area contributed by atoms with E-state index >= 15 is 0 Å². The molecule has 1 aromatic rings. The first-order valence-electron chi connectivity index (χ1n) is 6.40. The van der Waals surface area contributed by atoms with Crippen LogP contribution in [0.1, 0.15) is 50.0 Å². The molecule has 0 bridgehead atoms. The normalized spacial score (nSPS) is 20.8. The lowest BCUT2D eigenvalue weighted by Crippen LogP contribution is -2.04. The maximum Gasteiger partial charge on any atom is 0.200 e. The smallest absolute Gasteiger partial charge is 0.200 e. The maximum atomic E-state index is 13.9. The SMILES string of the molecule is Fc1c(OC2CC2)ccc(C2CCCC2)c1F. The number of halogens is 2. The average Bonchev–Trinajstić information content (AvgIpc) is 2.97. The first kappa shape index (κ1) is 11.0. The van der Waals surface area contributed by atoms with Gasteiger partial charge >= 0.3 is 0 Å². The van der Waals surface area contributed by atoms with Gasteiger partial charge in [-0.1, -0.05) is 18.9 Å². The molecule has 0 atom stereocenters. The van der Waals surface area contributed by atoms with E-state index in [1.54, 1.807) is 12.1 Å². The first-order chi connectivity index (χ1) is 8.25. The van der Waals surface area contributed by atoms with Gasteiger partial charge in [-0.05, 0) is 43.2 Å². The van der Waals surface area contributed by atoms with E-state index in [2.05, 4.69) is 0 Å². The molecule has 17 heavy (non-hydrogen) atoms. The second kappa shape index (κ2) is 4.28. The number of hydrogen-bond donors (Lipinski definition) is 0. The summed E-state index contributed by atoms with van der Waals surface area (Å²) in [6, 6.07) is 3.29. The van der Waals surface area contributed by atoms with E-state index in [4.69, 9.17) is 4.74 Å². The minimum atomic E-state index is -0.804. The molecular weight excluding hydrogens is 222 g/mol. The minimum Gasteiger partial charge on any atom is -0.487 e. The lowest BCUT2D eigenvalue weighted by Gasteiger charge is -2.13. The Morgan fingerprint density at radius 1 is 0.941 bits per heavy atom. The molecular formula is C14H16F2O. The summed E-state index contributed by atoms with van der Waals surface area (Å²) in [7, 11) is 0. The van der Waals surface area contributed by atoms with Gasteiger partial charge in [0.1, 0.15) is 0 Å². The van der Waals surface area contributed by atoms with Crippen LogP contribution < -0.4 is 4.74 Å². The predicted molar refractivity (Wildman–Crippen MR) is 61.2 cm³/mol. The Morgan fingerprint density at radius 2 is 1.65 bits per heavy atom. The van der Waals surface area contributed by atoms with Crippen LogP contribution in [0.25, 0.3) is 0 Å². The summed E-state index contributed by atoms with van der Waals surface area (Å²) in [6.45, 7) is 0. The van der Waals surface area contributed by atoms with E-state index < -0.39 is 11.6 Å². The summed E-state index contributed by atoms with van der Waals surface area (Å²) < 4.78 is 33.1. The van der Waals surface area contributed by atoms with Crippen molar-refractivity contribution in [3.63, 3.8) is 0 Å². The van der Waals surface area contributed by atoms with Crippen LogP contribution in [0.4, 0.5) is 8.78 Å². The second-order valence-electron chi connectivity index (χ2n) is 5.08. The van der Waals surface area contributed by atoms with Crippen molar-refractivity contribution in [1.82, 2.24) is 0 Å². The number of rotatable bonds is 3. The van der Waals surface area contributed by atoms with Crippen LogP contribution >= 0.6 is 0 Å². The standard InChI is InChI=1S/C14H16F2O/c15-13-11(9-3-1-2-4-9)7-8-12(14(13)16)17-10-5-6-10/h7-10H,1-6H2. The summed E-state index contributed by atoms with van der Waals surface area (Å²) in [5.74, 6) is -1.23. The van der Waals surface area contributed by atoms with Gasteiger partial charge in [0.15, 0.2) is 11.6 Å². The van der Waals surface area contributed by atoms with Crippen molar-refractivity contribution in [1.29, 1.82) is 0 Å². The molecule has 1 aromatic carbocycles. The summed E-state index contributed by atoms with van der Waals surface area (Å²) in [6.07, 6.45) is 6.18. The topological polar surface area (TPSA) is 9.23 Å². The summed E-state index contributed by atoms with van der Waals surface area (Å²) >= 11 is 0. The number of benzene rings is 1. The van der Waals surface area contributed by atoms with E-state index in [1.807, 2.05) is 0 Å². The lowest BCUT2D eigenvalue weighted by molar-refractivity contribution is 0.281. The van der Waals surface area contributed by atoms with E-state index in [0.717, 1.165) is 38.5 Å². The second-order valence-corrected chi connectivity index (χ2v) is 5.08. The maximum absolute atomic E-state index is 13.9. The zero-order chi connectivity index (χ0) is 11.8. The predicted octanol–water partition coefficient (Wildman–Crippen LogP) is 4.16. The molecule has 92 valence electrons. The molecule has 0 N–H and O–H groups in total. The fourth-order valence-corrected chi connectivity index (χ4v) is 2.56. The molecule has 3 heteroatoms. The monoisotopic (exact) mass is 238 g/mol. The van der Waals surface area contributed by atoms with Crippen LogP contribution in [0.3, 0.4) is 0 Å². The van der Waals surface area contributed by atoms with Gasteiger partial charge in [0.05, 0.1) is 6.10 Å². The molecule has 0 radical (unpaired) electrons. The lowest BCUT2D eigenvalue weighted by atomic mass is 9.97. The molecule has 2 fully saturated rings. The highest BCUT2D eigenvalue weighted by molar-refractivity contribution is 5.33. The Hall–Kier alpha value is -1.12. The Balaban J connectivity index is 1.87. The summed E-state index contributed by atoms with van der Waals surface area (Å²) in [5, 5.41) is 0. The quantitative estimate of drug-likeness (QED) is 0.768. The highest BCUT2D eigenvalue weighted by Gasteiger charge is 2.28. The fourth-order valence-electron chi connectivity index (χ4n) is 2.56. The van der Waals surface area contributed by atoms with Crippen molar-refractivity contribution in [3.8, 4) is 5.75 Å².